The molecule has 0 radical (unpaired) electrons. The molecule has 2 atom stereocenters. The molecule has 4 heteroatoms. The van der Waals surface area contributed by atoms with Gasteiger partial charge in [0.2, 0.25) is 0 Å². The molecule has 2 aliphatic rings. The molecule has 0 heterocycles. The van der Waals surface area contributed by atoms with Gasteiger partial charge in [-0.2, -0.15) is 0 Å². The summed E-state index contributed by atoms with van der Waals surface area (Å²) in [5.74, 6) is 0. The van der Waals surface area contributed by atoms with Crippen LogP contribution in [0.4, 0.5) is 0 Å². The van der Waals surface area contributed by atoms with Gasteiger partial charge in [-0.05, 0) is 71.2 Å². The second kappa shape index (κ2) is 8.03. The molecule has 2 unspecified atom stereocenters. The largest absolute Gasteiger partial charge is 0.114 e. The molecule has 144 valence electrons. The van der Waals surface area contributed by atoms with Gasteiger partial charge in [0.25, 0.3) is 0 Å². The monoisotopic (exact) mass is 502 g/mol. The molecule has 0 aromatic heterocycles. The van der Waals surface area contributed by atoms with Crippen LogP contribution in [0.1, 0.15) is 62.8 Å². The summed E-state index contributed by atoms with van der Waals surface area (Å²) in [5, 5.41) is 0. The fourth-order valence-corrected chi connectivity index (χ4v) is 9.76. The first-order valence-corrected chi connectivity index (χ1v) is 12.0. The molecule has 0 saturated carbocycles. The predicted molar refractivity (Wildman–Crippen MR) is 122 cm³/mol. The molecule has 2 aliphatic carbocycles. The number of benzene rings is 2. The van der Waals surface area contributed by atoms with E-state index in [1.807, 2.05) is 0 Å². The molecule has 0 N–H and O–H groups in total. The Labute approximate surface area is 200 Å². The topological polar surface area (TPSA) is 0 Å². The molecule has 0 fully saturated rings. The second-order valence-electron chi connectivity index (χ2n) is 7.78. The molecule has 0 bridgehead atoms. The van der Waals surface area contributed by atoms with Crippen molar-refractivity contribution in [2.45, 2.75) is 49.5 Å². The molecule has 0 amide bonds. The van der Waals surface area contributed by atoms with Crippen molar-refractivity contribution in [1.29, 1.82) is 0 Å². The molecule has 0 aliphatic heterocycles. The summed E-state index contributed by atoms with van der Waals surface area (Å²) in [6, 6.07) is 17.3. The zero-order valence-electron chi connectivity index (χ0n) is 17.0. The first-order chi connectivity index (χ1) is 12.9. The van der Waals surface area contributed by atoms with E-state index in [9.17, 15) is 0 Å². The van der Waals surface area contributed by atoms with Crippen LogP contribution >= 0.6 is 23.2 Å². The van der Waals surface area contributed by atoms with Gasteiger partial charge >= 0.3 is 0 Å². The van der Waals surface area contributed by atoms with Crippen molar-refractivity contribution in [3.05, 3.63) is 81.9 Å². The number of hydrogen-bond acceptors (Lipinski definition) is 0. The number of alkyl halides is 2. The maximum absolute atomic E-state index is 7.51. The third-order valence-electron chi connectivity index (χ3n) is 6.65. The van der Waals surface area contributed by atoms with E-state index in [-0.39, 0.29) is 26.2 Å². The molecule has 28 heavy (non-hydrogen) atoms. The first kappa shape index (κ1) is 22.3. The van der Waals surface area contributed by atoms with Gasteiger partial charge in [0, 0.05) is 26.2 Å². The summed E-state index contributed by atoms with van der Waals surface area (Å²) in [6.07, 6.45) is 2.01. The first-order valence-electron chi connectivity index (χ1n) is 9.86. The van der Waals surface area contributed by atoms with E-state index in [0.717, 1.165) is 12.8 Å². The van der Waals surface area contributed by atoms with E-state index in [2.05, 4.69) is 76.2 Å². The Bertz CT molecular complexity index is 914. The average Bonchev–Trinajstić information content (AvgIpc) is 3.02. The second-order valence-corrected chi connectivity index (χ2v) is 12.4. The maximum atomic E-state index is 7.51. The van der Waals surface area contributed by atoms with Gasteiger partial charge in [-0.1, -0.05) is 62.4 Å². The van der Waals surface area contributed by atoms with Crippen LogP contribution in [0, 0.1) is 0 Å². The predicted octanol–water partition coefficient (Wildman–Crippen LogP) is 6.73. The summed E-state index contributed by atoms with van der Waals surface area (Å²) >= 11 is 15.0. The van der Waals surface area contributed by atoms with Crippen LogP contribution in [-0.4, -0.2) is 9.52 Å². The number of hydrogen-bond donors (Lipinski definition) is 0. The van der Waals surface area contributed by atoms with E-state index in [0.29, 0.717) is 0 Å². The molecule has 2 aromatic rings. The van der Waals surface area contributed by atoms with Crippen molar-refractivity contribution >= 4 is 43.9 Å². The van der Waals surface area contributed by atoms with Gasteiger partial charge in [0.05, 0.1) is 18.5 Å². The van der Waals surface area contributed by atoms with Crippen LogP contribution in [0.3, 0.4) is 0 Å². The smallest absolute Gasteiger partial charge is 0.0923 e. The van der Waals surface area contributed by atoms with Crippen molar-refractivity contribution in [3.63, 3.8) is 0 Å². The number of rotatable bonds is 4. The summed E-state index contributed by atoms with van der Waals surface area (Å²) in [6.45, 7) is 8.89. The molecular formula is C24H26Cl2SiZr. The van der Waals surface area contributed by atoms with Crippen LogP contribution in [0.15, 0.2) is 59.7 Å². The van der Waals surface area contributed by atoms with E-state index in [1.54, 1.807) is 0 Å². The molecule has 2 aromatic carbocycles. The third kappa shape index (κ3) is 3.02. The van der Waals surface area contributed by atoms with Gasteiger partial charge in [-0.25, -0.2) is 0 Å². The SMILES string of the molecule is CCC1=C(C)C(Cl)([SiH2]C2(Cl)C(C)=C(CC)c3ccccc32)c2ccccc21.[Zr]. The Morgan fingerprint density at radius 2 is 1.07 bits per heavy atom. The fraction of sp³-hybridized carbons (Fsp3) is 0.333. The van der Waals surface area contributed by atoms with E-state index < -0.39 is 18.5 Å². The fourth-order valence-electron chi connectivity index (χ4n) is 5.17. The standard InChI is InChI=1S/C24H26Cl2Si.Zr/c1-5-17-15(3)23(25,21-13-9-7-11-19(17)21)27-24(26)16(4)18(6-2)20-12-8-10-14-22(20)24;/h7-14H,5-6,27H2,1-4H3;. The van der Waals surface area contributed by atoms with Crippen molar-refractivity contribution in [2.75, 3.05) is 0 Å². The minimum absolute atomic E-state index is 0. The van der Waals surface area contributed by atoms with E-state index in [1.165, 1.54) is 44.5 Å². The van der Waals surface area contributed by atoms with Crippen LogP contribution in [0.25, 0.3) is 11.1 Å². The molecule has 0 spiro atoms. The van der Waals surface area contributed by atoms with E-state index in [4.69, 9.17) is 23.2 Å². The van der Waals surface area contributed by atoms with Gasteiger partial charge < -0.3 is 0 Å². The zero-order valence-corrected chi connectivity index (χ0v) is 22.4. The summed E-state index contributed by atoms with van der Waals surface area (Å²) in [7, 11) is -1.01. The Kier molecular flexibility index (Phi) is 6.39. The summed E-state index contributed by atoms with van der Waals surface area (Å²) < 4.78 is -0.859. The van der Waals surface area contributed by atoms with Crippen LogP contribution in [0.2, 0.25) is 0 Å². The summed E-state index contributed by atoms with van der Waals surface area (Å²) in [4.78, 5) is 0. The van der Waals surface area contributed by atoms with Crippen LogP contribution < -0.4 is 0 Å². The molecule has 0 nitrogen and oxygen atoms in total. The Balaban J connectivity index is 0.00000225. The van der Waals surface area contributed by atoms with Crippen LogP contribution in [0.5, 0.6) is 0 Å². The Hall–Kier alpha value is -0.400. The number of fused-ring (bicyclic) bond motifs is 2. The number of halogens is 2. The van der Waals surface area contributed by atoms with Gasteiger partial charge in [0.15, 0.2) is 0 Å². The van der Waals surface area contributed by atoms with E-state index >= 15 is 0 Å². The van der Waals surface area contributed by atoms with Crippen molar-refractivity contribution < 1.29 is 26.2 Å². The third-order valence-corrected chi connectivity index (χ3v) is 11.2. The quantitative estimate of drug-likeness (QED) is 0.320. The Morgan fingerprint density at radius 3 is 1.43 bits per heavy atom. The van der Waals surface area contributed by atoms with Gasteiger partial charge in [-0.15, -0.1) is 23.2 Å². The molecule has 0 saturated heterocycles. The normalized spacial score (nSPS) is 26.1. The van der Waals surface area contributed by atoms with Crippen molar-refractivity contribution in [1.82, 2.24) is 0 Å². The Morgan fingerprint density at radius 1 is 0.714 bits per heavy atom. The molecular weight excluding hydrogens is 478 g/mol. The maximum Gasteiger partial charge on any atom is 0.0923 e. The number of allylic oxidation sites excluding steroid dienone is 4. The molecule has 4 rings (SSSR count). The average molecular weight is 505 g/mol. The van der Waals surface area contributed by atoms with Crippen molar-refractivity contribution in [3.8, 4) is 0 Å². The van der Waals surface area contributed by atoms with Crippen molar-refractivity contribution in [2.24, 2.45) is 0 Å². The minimum atomic E-state index is -1.01. The minimum Gasteiger partial charge on any atom is -0.114 e. The van der Waals surface area contributed by atoms with Gasteiger partial charge in [-0.3, -0.25) is 0 Å². The zero-order chi connectivity index (χ0) is 19.4. The summed E-state index contributed by atoms with van der Waals surface area (Å²) in [5.41, 5.74) is 10.6. The van der Waals surface area contributed by atoms with Gasteiger partial charge in [0.1, 0.15) is 0 Å². The van der Waals surface area contributed by atoms with Crippen LogP contribution in [-0.2, 0) is 35.2 Å².